The van der Waals surface area contributed by atoms with Crippen molar-refractivity contribution in [2.45, 2.75) is 37.8 Å². The summed E-state index contributed by atoms with van der Waals surface area (Å²) >= 11 is 0. The first-order chi connectivity index (χ1) is 9.72. The largest absolute Gasteiger partial charge is 0.494 e. The van der Waals surface area contributed by atoms with Crippen LogP contribution in [0.2, 0.25) is 0 Å². The fourth-order valence-corrected chi connectivity index (χ4v) is 2.89. The van der Waals surface area contributed by atoms with Gasteiger partial charge in [0.2, 0.25) is 0 Å². The standard InChI is InChI=1S/C16H23FN2O/c1-20-16-7-4-12(8-14(16)17)15(9-18)19(13-5-6-13)10-11-2-3-11/h4,7-8,11,13,15H,2-3,5-6,9-10,18H2,1H3. The van der Waals surface area contributed by atoms with E-state index >= 15 is 0 Å². The summed E-state index contributed by atoms with van der Waals surface area (Å²) in [5.41, 5.74) is 6.96. The van der Waals surface area contributed by atoms with Gasteiger partial charge in [-0.3, -0.25) is 4.90 Å². The summed E-state index contributed by atoms with van der Waals surface area (Å²) < 4.78 is 18.9. The highest BCUT2D eigenvalue weighted by atomic mass is 19.1. The molecule has 2 fully saturated rings. The van der Waals surface area contributed by atoms with Crippen LogP contribution in [0.15, 0.2) is 18.2 Å². The molecule has 2 aliphatic rings. The summed E-state index contributed by atoms with van der Waals surface area (Å²) in [5.74, 6) is 0.822. The van der Waals surface area contributed by atoms with E-state index < -0.39 is 0 Å². The van der Waals surface area contributed by atoms with Crippen molar-refractivity contribution in [2.75, 3.05) is 20.2 Å². The van der Waals surface area contributed by atoms with Crippen molar-refractivity contribution in [2.24, 2.45) is 11.7 Å². The van der Waals surface area contributed by atoms with Crippen LogP contribution in [0.3, 0.4) is 0 Å². The Kier molecular flexibility index (Phi) is 3.94. The molecule has 2 aliphatic carbocycles. The van der Waals surface area contributed by atoms with Crippen molar-refractivity contribution >= 4 is 0 Å². The first-order valence-electron chi connectivity index (χ1n) is 7.52. The average molecular weight is 278 g/mol. The number of nitrogens with zero attached hydrogens (tertiary/aromatic N) is 1. The molecule has 3 nitrogen and oxygen atoms in total. The summed E-state index contributed by atoms with van der Waals surface area (Å²) in [6.07, 6.45) is 5.17. The van der Waals surface area contributed by atoms with Crippen LogP contribution in [0.25, 0.3) is 0 Å². The Labute approximate surface area is 119 Å². The van der Waals surface area contributed by atoms with Gasteiger partial charge in [-0.15, -0.1) is 0 Å². The van der Waals surface area contributed by atoms with Crippen LogP contribution in [0.5, 0.6) is 5.75 Å². The van der Waals surface area contributed by atoms with E-state index in [4.69, 9.17) is 10.5 Å². The maximum Gasteiger partial charge on any atom is 0.165 e. The molecule has 4 heteroatoms. The maximum absolute atomic E-state index is 13.9. The van der Waals surface area contributed by atoms with Crippen LogP contribution >= 0.6 is 0 Å². The number of benzene rings is 1. The van der Waals surface area contributed by atoms with E-state index in [0.29, 0.717) is 18.3 Å². The number of rotatable bonds is 7. The molecule has 2 saturated carbocycles. The van der Waals surface area contributed by atoms with Crippen molar-refractivity contribution in [1.82, 2.24) is 4.90 Å². The van der Waals surface area contributed by atoms with Crippen molar-refractivity contribution in [3.8, 4) is 5.75 Å². The molecule has 0 saturated heterocycles. The summed E-state index contributed by atoms with van der Waals surface area (Å²) in [6, 6.07) is 6.01. The second kappa shape index (κ2) is 5.70. The number of methoxy groups -OCH3 is 1. The van der Waals surface area contributed by atoms with Crippen LogP contribution in [0.4, 0.5) is 4.39 Å². The van der Waals surface area contributed by atoms with Gasteiger partial charge in [0.15, 0.2) is 11.6 Å². The molecule has 0 aromatic heterocycles. The number of hydrogen-bond acceptors (Lipinski definition) is 3. The minimum atomic E-state index is -0.300. The van der Waals surface area contributed by atoms with Crippen LogP contribution < -0.4 is 10.5 Å². The Morgan fingerprint density at radius 3 is 2.60 bits per heavy atom. The van der Waals surface area contributed by atoms with Crippen molar-refractivity contribution in [3.05, 3.63) is 29.6 Å². The van der Waals surface area contributed by atoms with Crippen LogP contribution in [-0.4, -0.2) is 31.1 Å². The lowest BCUT2D eigenvalue weighted by atomic mass is 10.0. The van der Waals surface area contributed by atoms with E-state index in [2.05, 4.69) is 4.90 Å². The van der Waals surface area contributed by atoms with E-state index in [1.165, 1.54) is 32.8 Å². The molecule has 1 aromatic carbocycles. The molecule has 1 aromatic rings. The van der Waals surface area contributed by atoms with Gasteiger partial charge in [0.1, 0.15) is 0 Å². The van der Waals surface area contributed by atoms with E-state index in [1.54, 1.807) is 12.1 Å². The molecule has 20 heavy (non-hydrogen) atoms. The van der Waals surface area contributed by atoms with Crippen molar-refractivity contribution in [1.29, 1.82) is 0 Å². The lowest BCUT2D eigenvalue weighted by molar-refractivity contribution is 0.182. The van der Waals surface area contributed by atoms with Gasteiger partial charge in [-0.2, -0.15) is 0 Å². The van der Waals surface area contributed by atoms with E-state index in [9.17, 15) is 4.39 Å². The Hall–Kier alpha value is -1.13. The van der Waals surface area contributed by atoms with Crippen LogP contribution in [-0.2, 0) is 0 Å². The predicted molar refractivity (Wildman–Crippen MR) is 77.2 cm³/mol. The maximum atomic E-state index is 13.9. The number of hydrogen-bond donors (Lipinski definition) is 1. The molecule has 3 rings (SSSR count). The molecule has 0 heterocycles. The average Bonchev–Trinajstić information content (AvgIpc) is 3.32. The van der Waals surface area contributed by atoms with Gasteiger partial charge in [-0.05, 0) is 49.3 Å². The molecule has 0 spiro atoms. The number of nitrogens with two attached hydrogens (primary N) is 1. The second-order valence-electron chi connectivity index (χ2n) is 6.02. The molecule has 0 aliphatic heterocycles. The molecule has 0 bridgehead atoms. The molecule has 1 atom stereocenters. The zero-order chi connectivity index (χ0) is 14.1. The SMILES string of the molecule is COc1ccc(C(CN)N(CC2CC2)C2CC2)cc1F. The minimum absolute atomic E-state index is 0.128. The van der Waals surface area contributed by atoms with Crippen molar-refractivity contribution in [3.63, 3.8) is 0 Å². The first kappa shape index (κ1) is 13.8. The van der Waals surface area contributed by atoms with Gasteiger partial charge in [-0.1, -0.05) is 6.07 Å². The highest BCUT2D eigenvalue weighted by molar-refractivity contribution is 5.31. The summed E-state index contributed by atoms with van der Waals surface area (Å²) in [6.45, 7) is 1.65. The van der Waals surface area contributed by atoms with Gasteiger partial charge < -0.3 is 10.5 Å². The third-order valence-corrected chi connectivity index (χ3v) is 4.37. The van der Waals surface area contributed by atoms with E-state index in [-0.39, 0.29) is 11.9 Å². The number of halogens is 1. The summed E-state index contributed by atoms with van der Waals surface area (Å²) in [5, 5.41) is 0. The Balaban J connectivity index is 1.81. The molecule has 0 radical (unpaired) electrons. The highest BCUT2D eigenvalue weighted by Crippen LogP contribution is 2.39. The topological polar surface area (TPSA) is 38.5 Å². The van der Waals surface area contributed by atoms with Crippen LogP contribution in [0, 0.1) is 11.7 Å². The lowest BCUT2D eigenvalue weighted by Gasteiger charge is -2.31. The fourth-order valence-electron chi connectivity index (χ4n) is 2.89. The smallest absolute Gasteiger partial charge is 0.165 e. The third-order valence-electron chi connectivity index (χ3n) is 4.37. The summed E-state index contributed by atoms with van der Waals surface area (Å²) in [7, 11) is 1.49. The Bertz CT molecular complexity index is 472. The minimum Gasteiger partial charge on any atom is -0.494 e. The van der Waals surface area contributed by atoms with Gasteiger partial charge in [-0.25, -0.2) is 4.39 Å². The Morgan fingerprint density at radius 1 is 1.35 bits per heavy atom. The zero-order valence-corrected chi connectivity index (χ0v) is 12.0. The quantitative estimate of drug-likeness (QED) is 0.833. The zero-order valence-electron chi connectivity index (χ0n) is 12.0. The van der Waals surface area contributed by atoms with E-state index in [0.717, 1.165) is 18.0 Å². The monoisotopic (exact) mass is 278 g/mol. The van der Waals surface area contributed by atoms with E-state index in [1.807, 2.05) is 6.07 Å². The normalized spacial score (nSPS) is 20.2. The fraction of sp³-hybridized carbons (Fsp3) is 0.625. The number of ether oxygens (including phenoxy) is 1. The van der Waals surface area contributed by atoms with Gasteiger partial charge in [0.05, 0.1) is 7.11 Å². The third kappa shape index (κ3) is 2.96. The summed E-state index contributed by atoms with van der Waals surface area (Å²) in [4.78, 5) is 2.50. The van der Waals surface area contributed by atoms with Gasteiger partial charge in [0.25, 0.3) is 0 Å². The predicted octanol–water partition coefficient (Wildman–Crippen LogP) is 2.71. The van der Waals surface area contributed by atoms with Crippen LogP contribution in [0.1, 0.15) is 37.3 Å². The van der Waals surface area contributed by atoms with Crippen molar-refractivity contribution < 1.29 is 9.13 Å². The highest BCUT2D eigenvalue weighted by Gasteiger charge is 2.37. The van der Waals surface area contributed by atoms with Gasteiger partial charge in [0, 0.05) is 25.2 Å². The lowest BCUT2D eigenvalue weighted by Crippen LogP contribution is -2.37. The Morgan fingerprint density at radius 2 is 2.10 bits per heavy atom. The molecular formula is C16H23FN2O. The molecule has 0 amide bonds. The van der Waals surface area contributed by atoms with Gasteiger partial charge >= 0.3 is 0 Å². The molecule has 110 valence electrons. The molecule has 2 N–H and O–H groups in total. The second-order valence-corrected chi connectivity index (χ2v) is 6.02. The molecular weight excluding hydrogens is 255 g/mol. The molecule has 1 unspecified atom stereocenters. The first-order valence-corrected chi connectivity index (χ1v) is 7.52.